The number of hydrogen-bond donors (Lipinski definition) is 2. The molecule has 0 saturated heterocycles. The van der Waals surface area contributed by atoms with E-state index >= 15 is 0 Å². The molecule has 0 saturated carbocycles. The van der Waals surface area contributed by atoms with Crippen molar-refractivity contribution >= 4 is 28.8 Å². The van der Waals surface area contributed by atoms with Crippen LogP contribution in [0.4, 0.5) is 5.69 Å². The van der Waals surface area contributed by atoms with Gasteiger partial charge in [-0.1, -0.05) is 30.3 Å². The molecule has 5 nitrogen and oxygen atoms in total. The lowest BCUT2D eigenvalue weighted by atomic mass is 10.1. The summed E-state index contributed by atoms with van der Waals surface area (Å²) < 4.78 is 5.15. The van der Waals surface area contributed by atoms with Crippen molar-refractivity contribution in [3.8, 4) is 5.75 Å². The number of thiophene rings is 1. The number of carbonyl (C=O) groups is 2. The highest BCUT2D eigenvalue weighted by molar-refractivity contribution is 7.09. The van der Waals surface area contributed by atoms with Crippen molar-refractivity contribution in [3.05, 3.63) is 82.0 Å². The molecule has 3 aromatic rings. The summed E-state index contributed by atoms with van der Waals surface area (Å²) in [6.07, 6.45) is 2.81. The fraction of sp³-hybridized carbons (Fsp3) is 0.250. The van der Waals surface area contributed by atoms with E-state index in [0.717, 1.165) is 24.2 Å². The third kappa shape index (κ3) is 6.46. The smallest absolute Gasteiger partial charge is 0.253 e. The molecule has 0 fully saturated rings. The van der Waals surface area contributed by atoms with Gasteiger partial charge in [0.1, 0.15) is 5.75 Å². The molecule has 0 bridgehead atoms. The Balaban J connectivity index is 1.49. The second-order valence-electron chi connectivity index (χ2n) is 6.88. The van der Waals surface area contributed by atoms with Crippen LogP contribution in [0.2, 0.25) is 0 Å². The second-order valence-corrected chi connectivity index (χ2v) is 7.91. The van der Waals surface area contributed by atoms with Crippen LogP contribution in [-0.4, -0.2) is 25.5 Å². The predicted molar refractivity (Wildman–Crippen MR) is 121 cm³/mol. The molecule has 0 aliphatic carbocycles. The minimum Gasteiger partial charge on any atom is -0.497 e. The van der Waals surface area contributed by atoms with Crippen LogP contribution in [0.1, 0.15) is 33.6 Å². The number of methoxy groups -OCH3 is 1. The number of carbonyl (C=O) groups excluding carboxylic acids is 2. The van der Waals surface area contributed by atoms with Crippen LogP contribution in [0, 0.1) is 0 Å². The quantitative estimate of drug-likeness (QED) is 0.498. The lowest BCUT2D eigenvalue weighted by Crippen LogP contribution is -2.27. The van der Waals surface area contributed by atoms with Gasteiger partial charge in [-0.05, 0) is 60.5 Å². The molecule has 3 rings (SSSR count). The Bertz CT molecular complexity index is 953. The van der Waals surface area contributed by atoms with Gasteiger partial charge in [0.15, 0.2) is 0 Å². The van der Waals surface area contributed by atoms with Crippen molar-refractivity contribution in [2.75, 3.05) is 19.0 Å². The molecule has 2 aromatic carbocycles. The molecule has 0 atom stereocenters. The number of rotatable bonds is 10. The summed E-state index contributed by atoms with van der Waals surface area (Å²) in [6.45, 7) is 0.508. The van der Waals surface area contributed by atoms with Crippen molar-refractivity contribution in [3.63, 3.8) is 0 Å². The van der Waals surface area contributed by atoms with Crippen LogP contribution in [0.25, 0.3) is 0 Å². The molecule has 30 heavy (non-hydrogen) atoms. The van der Waals surface area contributed by atoms with Crippen molar-refractivity contribution < 1.29 is 14.3 Å². The number of anilines is 1. The molecule has 2 amide bonds. The lowest BCUT2D eigenvalue weighted by molar-refractivity contribution is -0.116. The Morgan fingerprint density at radius 3 is 2.50 bits per heavy atom. The average molecular weight is 423 g/mol. The summed E-state index contributed by atoms with van der Waals surface area (Å²) in [4.78, 5) is 26.2. The van der Waals surface area contributed by atoms with E-state index in [9.17, 15) is 9.59 Å². The number of para-hydroxylation sites is 1. The highest BCUT2D eigenvalue weighted by Crippen LogP contribution is 2.17. The first-order valence-electron chi connectivity index (χ1n) is 9.98. The Morgan fingerprint density at radius 2 is 1.77 bits per heavy atom. The van der Waals surface area contributed by atoms with Gasteiger partial charge in [0.05, 0.1) is 18.4 Å². The Labute approximate surface area is 181 Å². The molecular weight excluding hydrogens is 396 g/mol. The maximum atomic E-state index is 12.6. The number of ether oxygens (including phenoxy) is 1. The third-order valence-corrected chi connectivity index (χ3v) is 5.65. The largest absolute Gasteiger partial charge is 0.497 e. The molecule has 2 N–H and O–H groups in total. The first-order chi connectivity index (χ1) is 14.7. The van der Waals surface area contributed by atoms with E-state index in [0.29, 0.717) is 30.6 Å². The fourth-order valence-corrected chi connectivity index (χ4v) is 3.84. The van der Waals surface area contributed by atoms with Crippen molar-refractivity contribution in [2.45, 2.75) is 25.7 Å². The number of amides is 2. The van der Waals surface area contributed by atoms with E-state index in [1.165, 1.54) is 4.88 Å². The van der Waals surface area contributed by atoms with Crippen molar-refractivity contribution in [1.29, 1.82) is 0 Å². The second kappa shape index (κ2) is 11.2. The number of nitrogens with one attached hydrogen (secondary N) is 2. The minimum atomic E-state index is -0.196. The topological polar surface area (TPSA) is 67.4 Å². The van der Waals surface area contributed by atoms with Gasteiger partial charge in [-0.2, -0.15) is 0 Å². The SMILES string of the molecule is COc1ccc(CCNC(=O)c2ccccc2NC(=O)CCCc2cccs2)cc1. The van der Waals surface area contributed by atoms with Gasteiger partial charge in [0.2, 0.25) is 5.91 Å². The number of hydrogen-bond acceptors (Lipinski definition) is 4. The number of benzene rings is 2. The maximum Gasteiger partial charge on any atom is 0.253 e. The van der Waals surface area contributed by atoms with E-state index in [-0.39, 0.29) is 11.8 Å². The molecule has 0 radical (unpaired) electrons. The molecule has 0 aliphatic rings. The van der Waals surface area contributed by atoms with Crippen molar-refractivity contribution in [1.82, 2.24) is 5.32 Å². The van der Waals surface area contributed by atoms with Crippen LogP contribution < -0.4 is 15.4 Å². The zero-order chi connectivity index (χ0) is 21.2. The van der Waals surface area contributed by atoms with Crippen LogP contribution in [0.15, 0.2) is 66.0 Å². The predicted octanol–water partition coefficient (Wildman–Crippen LogP) is 4.69. The standard InChI is InChI=1S/C24H26N2O3S/c1-29-19-13-11-18(12-14-19)15-16-25-24(28)21-8-2-3-9-22(21)26-23(27)10-4-6-20-7-5-17-30-20/h2-3,5,7-9,11-14,17H,4,6,10,15-16H2,1H3,(H,25,28)(H,26,27). The minimum absolute atomic E-state index is 0.0787. The zero-order valence-corrected chi connectivity index (χ0v) is 17.8. The highest BCUT2D eigenvalue weighted by Gasteiger charge is 2.13. The summed E-state index contributed by atoms with van der Waals surface area (Å²) in [5.41, 5.74) is 2.13. The monoisotopic (exact) mass is 422 g/mol. The Kier molecular flexibility index (Phi) is 8.03. The molecule has 156 valence electrons. The maximum absolute atomic E-state index is 12.6. The van der Waals surface area contributed by atoms with Gasteiger partial charge in [0.25, 0.3) is 5.91 Å². The van der Waals surface area contributed by atoms with E-state index in [1.807, 2.05) is 41.8 Å². The lowest BCUT2D eigenvalue weighted by Gasteiger charge is -2.12. The van der Waals surface area contributed by atoms with Crippen LogP contribution in [0.5, 0.6) is 5.75 Å². The molecule has 0 spiro atoms. The van der Waals surface area contributed by atoms with Gasteiger partial charge in [-0.15, -0.1) is 11.3 Å². The fourth-order valence-electron chi connectivity index (χ4n) is 3.09. The van der Waals surface area contributed by atoms with Crippen LogP contribution in [0.3, 0.4) is 0 Å². The highest BCUT2D eigenvalue weighted by atomic mass is 32.1. The van der Waals surface area contributed by atoms with E-state index in [2.05, 4.69) is 16.7 Å². The van der Waals surface area contributed by atoms with E-state index < -0.39 is 0 Å². The summed E-state index contributed by atoms with van der Waals surface area (Å²) in [5, 5.41) is 7.85. The van der Waals surface area contributed by atoms with Gasteiger partial charge in [0, 0.05) is 17.8 Å². The first-order valence-corrected chi connectivity index (χ1v) is 10.9. The van der Waals surface area contributed by atoms with Crippen molar-refractivity contribution in [2.24, 2.45) is 0 Å². The normalized spacial score (nSPS) is 10.4. The van der Waals surface area contributed by atoms with Gasteiger partial charge >= 0.3 is 0 Å². The molecular formula is C24H26N2O3S. The average Bonchev–Trinajstić information content (AvgIpc) is 3.28. The molecule has 6 heteroatoms. The van der Waals surface area contributed by atoms with Gasteiger partial charge in [-0.3, -0.25) is 9.59 Å². The van der Waals surface area contributed by atoms with E-state index in [1.54, 1.807) is 36.6 Å². The van der Waals surface area contributed by atoms with Crippen LogP contribution in [-0.2, 0) is 17.6 Å². The molecule has 0 aliphatic heterocycles. The molecule has 1 heterocycles. The van der Waals surface area contributed by atoms with Gasteiger partial charge in [-0.25, -0.2) is 0 Å². The summed E-state index contributed by atoms with van der Waals surface area (Å²) in [7, 11) is 1.63. The summed E-state index contributed by atoms with van der Waals surface area (Å²) in [6, 6.07) is 19.0. The summed E-state index contributed by atoms with van der Waals surface area (Å²) >= 11 is 1.70. The summed E-state index contributed by atoms with van der Waals surface area (Å²) in [5.74, 6) is 0.533. The molecule has 0 unspecified atom stereocenters. The number of aryl methyl sites for hydroxylation is 1. The Hall–Kier alpha value is -3.12. The van der Waals surface area contributed by atoms with E-state index in [4.69, 9.17) is 4.74 Å². The first kappa shape index (κ1) is 21.6. The van der Waals surface area contributed by atoms with Gasteiger partial charge < -0.3 is 15.4 Å². The Morgan fingerprint density at radius 1 is 0.967 bits per heavy atom. The molecule has 1 aromatic heterocycles. The zero-order valence-electron chi connectivity index (χ0n) is 17.0. The third-order valence-electron chi connectivity index (χ3n) is 4.71. The van der Waals surface area contributed by atoms with Crippen LogP contribution >= 0.6 is 11.3 Å².